The van der Waals surface area contributed by atoms with Crippen LogP contribution in [-0.4, -0.2) is 106 Å². The zero-order valence-corrected chi connectivity index (χ0v) is 33.6. The average molecular weight is 801 g/mol. The third-order valence-electron chi connectivity index (χ3n) is 5.32. The first-order chi connectivity index (χ1) is 21.9. The van der Waals surface area contributed by atoms with E-state index < -0.39 is 27.7 Å². The Bertz CT molecular complexity index is 1050. The van der Waals surface area contributed by atoms with Crippen molar-refractivity contribution < 1.29 is 81.2 Å². The molecule has 0 heterocycles. The van der Waals surface area contributed by atoms with Crippen LogP contribution in [0.2, 0.25) is 0 Å². The zero-order valence-electron chi connectivity index (χ0n) is 29.9. The minimum atomic E-state index is -4.30. The fourth-order valence-corrected chi connectivity index (χ4v) is 4.06. The maximum Gasteiger partial charge on any atom is 1.00 e. The second kappa shape index (κ2) is 46.8. The third kappa shape index (κ3) is 59.9. The molecule has 16 nitrogen and oxygen atoms in total. The summed E-state index contributed by atoms with van der Waals surface area (Å²) in [5.41, 5.74) is 0. The van der Waals surface area contributed by atoms with E-state index in [1.807, 2.05) is 34.6 Å². The van der Waals surface area contributed by atoms with Crippen molar-refractivity contribution in [1.82, 2.24) is 26.6 Å². The minimum absolute atomic E-state index is 0. The molecule has 5 N–H and O–H groups in total. The Kier molecular flexibility index (Phi) is 64.0. The van der Waals surface area contributed by atoms with Gasteiger partial charge in [-0.15, -0.1) is 0 Å². The van der Waals surface area contributed by atoms with E-state index in [9.17, 15) is 51.6 Å². The van der Waals surface area contributed by atoms with Gasteiger partial charge >= 0.3 is 29.6 Å². The van der Waals surface area contributed by atoms with Crippen LogP contribution in [-0.2, 0) is 43.7 Å². The number of rotatable bonds is 20. The van der Waals surface area contributed by atoms with Gasteiger partial charge in [0.25, 0.3) is 0 Å². The Morgan fingerprint density at radius 3 is 1.31 bits per heavy atom. The molecule has 0 bridgehead atoms. The summed E-state index contributed by atoms with van der Waals surface area (Å²) >= 11 is 1.67. The molecule has 308 valence electrons. The van der Waals surface area contributed by atoms with Crippen LogP contribution in [0.1, 0.15) is 109 Å². The first-order valence-electron chi connectivity index (χ1n) is 15.3. The quantitative estimate of drug-likeness (QED) is 0.0543. The topological polar surface area (TPSA) is 260 Å². The van der Waals surface area contributed by atoms with Gasteiger partial charge in [-0.05, 0) is 12.3 Å². The van der Waals surface area contributed by atoms with Gasteiger partial charge in [0.05, 0.1) is 15.9 Å². The monoisotopic (exact) mass is 800 g/mol. The Morgan fingerprint density at radius 1 is 0.635 bits per heavy atom. The number of Topliss-reactive ketones (excluding diaryl/α,β-unsaturated/α-hetero) is 1. The number of nitrogens with one attached hydrogen (secondary N) is 5. The molecular weight excluding hydrogens is 730 g/mol. The van der Waals surface area contributed by atoms with Gasteiger partial charge in [-0.2, -0.15) is 11.8 Å². The first kappa shape index (κ1) is 71.2. The maximum atomic E-state index is 11.8. The van der Waals surface area contributed by atoms with E-state index in [1.54, 1.807) is 18.8 Å². The largest absolute Gasteiger partial charge is 1.00 e. The molecule has 0 aliphatic rings. The first-order valence-corrected chi connectivity index (χ1v) is 18.0. The van der Waals surface area contributed by atoms with Crippen LogP contribution >= 0.6 is 11.8 Å². The molecule has 0 aliphatic carbocycles. The number of hydrogen-bond acceptors (Lipinski definition) is 12. The van der Waals surface area contributed by atoms with Crippen molar-refractivity contribution in [3.05, 3.63) is 0 Å². The summed E-state index contributed by atoms with van der Waals surface area (Å²) in [5.74, 6) is -0.719. The molecule has 0 aromatic heterocycles. The summed E-state index contributed by atoms with van der Waals surface area (Å²) in [5, 5.41) is 21.8. The predicted molar refractivity (Wildman–Crippen MR) is 205 cm³/mol. The van der Waals surface area contributed by atoms with E-state index in [2.05, 4.69) is 26.6 Å². The van der Waals surface area contributed by atoms with Crippen LogP contribution in [0, 0.1) is 11.8 Å². The van der Waals surface area contributed by atoms with Gasteiger partial charge in [-0.25, -0.2) is 8.42 Å². The summed E-state index contributed by atoms with van der Waals surface area (Å²) in [6.07, 6.45) is 0.866. The number of thioether (sulfide) groups is 1. The Balaban J connectivity index is -0.0000000755. The van der Waals surface area contributed by atoms with Gasteiger partial charge in [-0.1, -0.05) is 64.3 Å². The molecule has 0 aliphatic heterocycles. The van der Waals surface area contributed by atoms with Gasteiger partial charge in [0.15, 0.2) is 0 Å². The summed E-state index contributed by atoms with van der Waals surface area (Å²) < 4.78 is 30.5. The smallest absolute Gasteiger partial charge is 0.748 e. The van der Waals surface area contributed by atoms with E-state index >= 15 is 0 Å². The molecule has 0 aromatic carbocycles. The van der Waals surface area contributed by atoms with Crippen LogP contribution < -0.4 is 61.2 Å². The zero-order chi connectivity index (χ0) is 37.4. The molecule has 52 heavy (non-hydrogen) atoms. The minimum Gasteiger partial charge on any atom is -0.748 e. The summed E-state index contributed by atoms with van der Waals surface area (Å²) in [7, 11) is 0.159. The van der Waals surface area contributed by atoms with Crippen molar-refractivity contribution in [2.75, 3.05) is 51.5 Å². The number of hydrogen-bond donors (Lipinski definition) is 5. The normalized spacial score (nSPS) is 9.58. The number of carbonyl (C=O) groups excluding carboxylic acids is 7. The van der Waals surface area contributed by atoms with Crippen molar-refractivity contribution in [1.29, 1.82) is 0 Å². The van der Waals surface area contributed by atoms with Crippen molar-refractivity contribution in [2.45, 2.75) is 109 Å². The molecule has 0 aromatic rings. The summed E-state index contributed by atoms with van der Waals surface area (Å²) in [6.45, 7) is 10.4. The van der Waals surface area contributed by atoms with Crippen molar-refractivity contribution in [3.8, 4) is 0 Å². The second-order valence-corrected chi connectivity index (χ2v) is 12.6. The van der Waals surface area contributed by atoms with E-state index in [0.29, 0.717) is 24.7 Å². The summed E-state index contributed by atoms with van der Waals surface area (Å²) in [6, 6.07) is 0. The predicted octanol–water partition coefficient (Wildman–Crippen LogP) is -1.38. The van der Waals surface area contributed by atoms with Crippen LogP contribution in [0.15, 0.2) is 0 Å². The second-order valence-electron chi connectivity index (χ2n) is 9.89. The maximum absolute atomic E-state index is 11.8. The van der Waals surface area contributed by atoms with Crippen LogP contribution in [0.25, 0.3) is 0 Å². The van der Waals surface area contributed by atoms with Gasteiger partial charge in [0.2, 0.25) is 29.5 Å². The molecule has 0 saturated carbocycles. The molecular formula is C33H71N5NaO11S2-. The van der Waals surface area contributed by atoms with Crippen molar-refractivity contribution >= 4 is 63.2 Å². The van der Waals surface area contributed by atoms with Crippen molar-refractivity contribution in [3.63, 3.8) is 0 Å². The number of carboxylic acids is 1. The fraction of sp³-hybridized carbons (Fsp3) is 0.788. The van der Waals surface area contributed by atoms with E-state index in [1.165, 1.54) is 14.1 Å². The van der Waals surface area contributed by atoms with Crippen LogP contribution in [0.5, 0.6) is 0 Å². The number of ketones is 1. The summed E-state index contributed by atoms with van der Waals surface area (Å²) in [4.78, 5) is 75.9. The molecule has 0 fully saturated rings. The number of carbonyl (C=O) groups is 7. The van der Waals surface area contributed by atoms with E-state index in [0.717, 1.165) is 11.5 Å². The molecule has 19 heteroatoms. The number of carboxylic acid groups (broad SMARTS) is 1. The Morgan fingerprint density at radius 2 is 0.981 bits per heavy atom. The van der Waals surface area contributed by atoms with Crippen molar-refractivity contribution in [2.24, 2.45) is 11.8 Å². The van der Waals surface area contributed by atoms with Crippen LogP contribution in [0.3, 0.4) is 0 Å². The van der Waals surface area contributed by atoms with E-state index in [-0.39, 0.29) is 134 Å². The molecule has 1 atom stereocenters. The van der Waals surface area contributed by atoms with E-state index in [4.69, 9.17) is 0 Å². The van der Waals surface area contributed by atoms with Gasteiger partial charge in [0, 0.05) is 96.2 Å². The molecule has 0 spiro atoms. The Hall–Kier alpha value is -2.25. The molecule has 5 amide bonds. The van der Waals surface area contributed by atoms with Gasteiger partial charge < -0.3 is 41.0 Å². The number of amides is 5. The standard InChI is InChI=1S/C15H28N2O3S.C7H14N2O5S.C5H9NO3.C2H6.4CH4.Na/c1-11(2)9-13(18)12(3)10-21-8-7-17-15(20)6-5-14(19)16-4;1-8-6(10)2-3-7(11)9-4-5-15(12,13)14;1-6-4(7)2-3-5(8)9;1-2;;;;;/h11-12H,5-10H2,1-4H3,(H,16,19)(H,17,20);2-5H2,1H3,(H,8,10)(H,9,11)(H,12,13,14);2-3H2,1H3,(H,6,7)(H,8,9);1-2H3;4*1H4;/q;;;;;;;;+1/p-2. The average Bonchev–Trinajstić information content (AvgIpc) is 3.01. The van der Waals surface area contributed by atoms with Crippen LogP contribution in [0.4, 0.5) is 0 Å². The van der Waals surface area contributed by atoms with Gasteiger partial charge in [0.1, 0.15) is 5.78 Å². The molecule has 0 rings (SSSR count). The number of aliphatic carboxylic acids is 1. The van der Waals surface area contributed by atoms with Gasteiger partial charge in [-0.3, -0.25) is 28.8 Å². The Labute approximate surface area is 341 Å². The fourth-order valence-electron chi connectivity index (χ4n) is 2.76. The SMILES string of the molecule is C.C.C.C.CC.CNC(=O)CCC(=O)NCCS(=O)(=O)[O-].CNC(=O)CCC(=O)NCCSCC(C)C(=O)CC(C)C.CNC(=O)CCC(=O)[O-].[Na+]. The molecule has 0 saturated heterocycles. The third-order valence-corrected chi connectivity index (χ3v) is 7.25. The molecule has 1 unspecified atom stereocenters. The molecule has 0 radical (unpaired) electrons.